The molecule has 11 amide bonds. The van der Waals surface area contributed by atoms with Crippen LogP contribution in [0.15, 0.2) is 73.4 Å². The number of aromatic amines is 3. The second-order valence-corrected chi connectivity index (χ2v) is 24.1. The Morgan fingerprint density at radius 2 is 1.02 bits per heavy atom. The van der Waals surface area contributed by atoms with Gasteiger partial charge < -0.3 is 106 Å². The highest BCUT2D eigenvalue weighted by Crippen LogP contribution is 2.22. The molecule has 0 spiro atoms. The number of imidazole rings is 1. The lowest BCUT2D eigenvalue weighted by Crippen LogP contribution is -2.61. The maximum absolute atomic E-state index is 14.6. The lowest BCUT2D eigenvalue weighted by atomic mass is 9.96. The van der Waals surface area contributed by atoms with Crippen LogP contribution >= 0.6 is 25.3 Å². The number of guanidine groups is 1. The van der Waals surface area contributed by atoms with Crippen LogP contribution in [0.1, 0.15) is 82.0 Å². The van der Waals surface area contributed by atoms with E-state index in [0.717, 1.165) is 0 Å². The maximum atomic E-state index is 14.6. The number of thiol groups is 2. The Bertz CT molecular complexity index is 3740. The number of carboxylic acids is 3. The van der Waals surface area contributed by atoms with Crippen LogP contribution in [0.2, 0.25) is 0 Å². The predicted molar refractivity (Wildman–Crippen MR) is 366 cm³/mol. The highest BCUT2D eigenvalue weighted by atomic mass is 32.1. The molecule has 100 heavy (non-hydrogen) atoms. The number of carboxylic acid groups (broad SMARTS) is 3. The van der Waals surface area contributed by atoms with Crippen LogP contribution < -0.4 is 75.7 Å². The number of nitrogens with two attached hydrogens (primary N) is 3. The molecule has 2 aromatic carbocycles. The van der Waals surface area contributed by atoms with E-state index in [-0.39, 0.29) is 55.8 Å². The lowest BCUT2D eigenvalue weighted by molar-refractivity contribution is -0.142. The molecular weight excluding hydrogens is 1350 g/mol. The molecule has 0 aliphatic rings. The third-order valence-electron chi connectivity index (χ3n) is 15.9. The van der Waals surface area contributed by atoms with Crippen LogP contribution in [0.25, 0.3) is 21.8 Å². The zero-order valence-electron chi connectivity index (χ0n) is 54.5. The van der Waals surface area contributed by atoms with Crippen molar-refractivity contribution in [1.82, 2.24) is 78.4 Å². The van der Waals surface area contributed by atoms with Crippen LogP contribution in [0.3, 0.4) is 0 Å². The molecule has 3 aromatic heterocycles. The Kier molecular flexibility index (Phi) is 31.6. The third kappa shape index (κ3) is 25.3. The Labute approximate surface area is 582 Å². The smallest absolute Gasteiger partial charge is 0.327 e. The zero-order valence-corrected chi connectivity index (χ0v) is 56.3. The molecule has 0 unspecified atom stereocenters. The van der Waals surface area contributed by atoms with E-state index in [9.17, 15) is 82.4 Å². The zero-order chi connectivity index (χ0) is 73.8. The Hall–Kier alpha value is -10.8. The summed E-state index contributed by atoms with van der Waals surface area (Å²) in [5, 5.41) is 65.0. The molecule has 5 aromatic rings. The highest BCUT2D eigenvalue weighted by Gasteiger charge is 2.37. The molecule has 36 nitrogen and oxygen atoms in total. The monoisotopic (exact) mass is 1430 g/mol. The number of hydrogen-bond acceptors (Lipinski definition) is 19. The normalized spacial score (nSPS) is 14.4. The van der Waals surface area contributed by atoms with Gasteiger partial charge in [0.2, 0.25) is 65.0 Å². The van der Waals surface area contributed by atoms with Crippen molar-refractivity contribution in [2.24, 2.45) is 23.1 Å². The summed E-state index contributed by atoms with van der Waals surface area (Å²) in [6, 6.07) is -1.99. The number of benzene rings is 2. The molecule has 542 valence electrons. The molecule has 0 aliphatic heterocycles. The van der Waals surface area contributed by atoms with Gasteiger partial charge in [0.25, 0.3) is 0 Å². The van der Waals surface area contributed by atoms with E-state index in [1.165, 1.54) is 18.7 Å². The summed E-state index contributed by atoms with van der Waals surface area (Å²) in [5.74, 6) is -17.2. The molecular formula is C62H85N19O17S2. The summed E-state index contributed by atoms with van der Waals surface area (Å²) in [5.41, 5.74) is 19.2. The van der Waals surface area contributed by atoms with Gasteiger partial charge in [-0.3, -0.25) is 67.7 Å². The number of aliphatic carboxylic acids is 3. The van der Waals surface area contributed by atoms with Crippen molar-refractivity contribution in [3.63, 3.8) is 0 Å². The van der Waals surface area contributed by atoms with Crippen LogP contribution in [0.4, 0.5) is 0 Å². The fourth-order valence-corrected chi connectivity index (χ4v) is 10.6. The molecule has 0 radical (unpaired) electrons. The summed E-state index contributed by atoms with van der Waals surface area (Å²) in [6.07, 6.45) is 1.47. The second kappa shape index (κ2) is 39.6. The van der Waals surface area contributed by atoms with Crippen LogP contribution in [0.5, 0.6) is 0 Å². The molecule has 0 saturated heterocycles. The van der Waals surface area contributed by atoms with Gasteiger partial charge in [-0.15, -0.1) is 0 Å². The van der Waals surface area contributed by atoms with Gasteiger partial charge in [-0.1, -0.05) is 56.7 Å². The molecule has 0 saturated carbocycles. The maximum Gasteiger partial charge on any atom is 0.327 e. The van der Waals surface area contributed by atoms with Gasteiger partial charge in [0.1, 0.15) is 54.4 Å². The van der Waals surface area contributed by atoms with E-state index in [0.29, 0.717) is 39.4 Å². The standard InChI is InChI=1S/C62H85N19O17S2/c1-3-30(2)51(81-52(88)36(63)27-99)60(96)79-43(20-32-24-70-38-12-7-5-10-35(32)38)57(93)75-41(14-16-47(64)82)56(92)78-45(22-50(86)87)59(95)76-42(19-31-23-69-37-11-6-4-9-34(31)37)53(89)71-26-48(83)73-40(15-17-49(84)85)55(91)77-44(21-33-25-67-29-72-33)58(94)74-39(13-8-18-68-62(65)66)54(90)80-46(28-100)61(97)98/h4-7,9-12,23-25,29-30,36,39-46,51,69-70,99-100H,3,8,13-22,26-28,63H2,1-2H3,(H2,64,82)(H,67,72)(H,71,89)(H,73,83)(H,74,94)(H,75,93)(H,76,95)(H,77,91)(H,78,92)(H,79,96)(H,80,90)(H,81,88)(H,84,85)(H,86,87)(H,97,98)(H4,65,66,68)/t30-,36-,39-,40-,41-,42-,43-,44-,45-,46-,51-/m0/s1. The van der Waals surface area contributed by atoms with Crippen LogP contribution in [-0.2, 0) is 86.4 Å². The van der Waals surface area contributed by atoms with Gasteiger partial charge in [-0.05, 0) is 54.9 Å². The highest BCUT2D eigenvalue weighted by molar-refractivity contribution is 7.80. The van der Waals surface area contributed by atoms with Gasteiger partial charge in [0.15, 0.2) is 5.96 Å². The Balaban J connectivity index is 1.40. The van der Waals surface area contributed by atoms with Gasteiger partial charge in [0.05, 0.1) is 31.0 Å². The number of hydrogen-bond donors (Lipinski definition) is 23. The molecule has 24 N–H and O–H groups in total. The van der Waals surface area contributed by atoms with E-state index < -0.39 is 194 Å². The van der Waals surface area contributed by atoms with E-state index in [2.05, 4.69) is 104 Å². The van der Waals surface area contributed by atoms with Crippen molar-refractivity contribution in [3.8, 4) is 0 Å². The van der Waals surface area contributed by atoms with Crippen molar-refractivity contribution in [1.29, 1.82) is 5.41 Å². The summed E-state index contributed by atoms with van der Waals surface area (Å²) in [7, 11) is 0. The number of rotatable bonds is 43. The van der Waals surface area contributed by atoms with Crippen LogP contribution in [0, 0.1) is 11.3 Å². The van der Waals surface area contributed by atoms with E-state index in [4.69, 9.17) is 22.6 Å². The van der Waals surface area contributed by atoms with Gasteiger partial charge in [-0.25, -0.2) is 9.78 Å². The average Bonchev–Trinajstić information content (AvgIpc) is 1.65. The summed E-state index contributed by atoms with van der Waals surface area (Å²) >= 11 is 8.05. The number of para-hydroxylation sites is 2. The van der Waals surface area contributed by atoms with Gasteiger partial charge in [0, 0.05) is 90.6 Å². The van der Waals surface area contributed by atoms with Crippen molar-refractivity contribution in [2.45, 2.75) is 145 Å². The molecule has 5 rings (SSSR count). The second-order valence-electron chi connectivity index (χ2n) is 23.4. The average molecular weight is 1430 g/mol. The summed E-state index contributed by atoms with van der Waals surface area (Å²) in [4.78, 5) is 202. The van der Waals surface area contributed by atoms with Crippen molar-refractivity contribution < 1.29 is 82.4 Å². The van der Waals surface area contributed by atoms with E-state index >= 15 is 0 Å². The molecule has 0 fully saturated rings. The minimum atomic E-state index is -2.06. The number of amides is 11. The number of fused-ring (bicyclic) bond motifs is 2. The number of primary amides is 1. The SMILES string of the molecule is CC[C@H](C)[C@H](NC(=O)[C@@H](N)CS)C(=O)N[C@@H](Cc1c[nH]c2ccccc12)C(=O)N[C@@H](CCC(N)=O)C(=O)N[C@@H](CC(=O)O)C(=O)N[C@@H](Cc1c[nH]c2ccccc12)C(=O)NCC(=O)N[C@@H](CCC(=O)O)C(=O)N[C@@H](Cc1c[nH]cn1)C(=O)N[C@@H](CCCNC(=N)N)C(=O)N[C@@H](CS)C(=O)O. The molecule has 38 heteroatoms. The first-order valence-electron chi connectivity index (χ1n) is 31.6. The van der Waals surface area contributed by atoms with Crippen molar-refractivity contribution in [2.75, 3.05) is 24.6 Å². The number of carbonyl (C=O) groups is 14. The Morgan fingerprint density at radius 1 is 0.540 bits per heavy atom. The summed E-state index contributed by atoms with van der Waals surface area (Å²) < 4.78 is 0. The van der Waals surface area contributed by atoms with Crippen molar-refractivity contribution >= 4 is 136 Å². The molecule has 0 bridgehead atoms. The molecule has 0 aliphatic carbocycles. The Morgan fingerprint density at radius 3 is 1.52 bits per heavy atom. The van der Waals surface area contributed by atoms with Gasteiger partial charge >= 0.3 is 17.9 Å². The minimum absolute atomic E-state index is 0.0448. The molecule has 11 atom stereocenters. The van der Waals surface area contributed by atoms with E-state index in [1.807, 2.05) is 0 Å². The largest absolute Gasteiger partial charge is 0.481 e. The van der Waals surface area contributed by atoms with Gasteiger partial charge in [-0.2, -0.15) is 25.3 Å². The first-order valence-corrected chi connectivity index (χ1v) is 32.9. The predicted octanol–water partition coefficient (Wildman–Crippen LogP) is -3.93. The molecule has 3 heterocycles. The fraction of sp³-hybridized carbons (Fsp3) is 0.452. The number of nitrogens with zero attached hydrogens (tertiary/aromatic N) is 1. The number of H-pyrrole nitrogens is 3. The lowest BCUT2D eigenvalue weighted by Gasteiger charge is -2.28. The fourth-order valence-electron chi connectivity index (χ4n) is 10.2. The van der Waals surface area contributed by atoms with Crippen LogP contribution in [-0.4, -0.2) is 209 Å². The first-order chi connectivity index (χ1) is 47.5. The summed E-state index contributed by atoms with van der Waals surface area (Å²) in [6.45, 7) is 2.50. The number of aromatic nitrogens is 4. The number of nitrogens with one attached hydrogen (secondary N) is 15. The quantitative estimate of drug-likeness (QED) is 0.00767. The van der Waals surface area contributed by atoms with E-state index in [1.54, 1.807) is 68.6 Å². The first kappa shape index (κ1) is 79.9. The number of carbonyl (C=O) groups excluding carboxylic acids is 11. The topological polar surface area (TPSA) is 594 Å². The van der Waals surface area contributed by atoms with Crippen molar-refractivity contribution in [3.05, 3.63) is 90.3 Å². The third-order valence-corrected chi connectivity index (χ3v) is 16.6. The minimum Gasteiger partial charge on any atom is -0.481 e.